The Kier molecular flexibility index (Phi) is 4.79. The summed E-state index contributed by atoms with van der Waals surface area (Å²) in [4.78, 5) is 30.2. The fourth-order valence-electron chi connectivity index (χ4n) is 1.97. The Morgan fingerprint density at radius 1 is 1.04 bits per heavy atom. The summed E-state index contributed by atoms with van der Waals surface area (Å²) in [6.45, 7) is 5.40. The quantitative estimate of drug-likeness (QED) is 0.816. The SMILES string of the molecule is CN(C(=O)c1cccc(C(=O)OC(C)(C)C)c1)c1ccccn1. The summed E-state index contributed by atoms with van der Waals surface area (Å²) in [5.41, 5.74) is 0.170. The fraction of sp³-hybridized carbons (Fsp3) is 0.278. The first-order valence-corrected chi connectivity index (χ1v) is 7.30. The molecule has 0 aliphatic heterocycles. The van der Waals surface area contributed by atoms with Crippen LogP contribution >= 0.6 is 0 Å². The molecule has 0 atom stereocenters. The second-order valence-corrected chi connectivity index (χ2v) is 6.13. The molecule has 0 aliphatic rings. The molecule has 1 aromatic carbocycles. The van der Waals surface area contributed by atoms with E-state index in [4.69, 9.17) is 4.74 Å². The van der Waals surface area contributed by atoms with Crippen LogP contribution < -0.4 is 4.90 Å². The number of aromatic nitrogens is 1. The lowest BCUT2D eigenvalue weighted by atomic mass is 10.1. The van der Waals surface area contributed by atoms with Gasteiger partial charge in [0.1, 0.15) is 11.4 Å². The van der Waals surface area contributed by atoms with E-state index in [-0.39, 0.29) is 5.91 Å². The van der Waals surface area contributed by atoms with Gasteiger partial charge >= 0.3 is 5.97 Å². The summed E-state index contributed by atoms with van der Waals surface area (Å²) < 4.78 is 5.33. The molecule has 2 rings (SSSR count). The highest BCUT2D eigenvalue weighted by molar-refractivity contribution is 6.06. The number of esters is 1. The molecule has 2 aromatic rings. The lowest BCUT2D eigenvalue weighted by molar-refractivity contribution is 0.00695. The minimum Gasteiger partial charge on any atom is -0.456 e. The Balaban J connectivity index is 2.22. The van der Waals surface area contributed by atoms with E-state index in [0.29, 0.717) is 16.9 Å². The van der Waals surface area contributed by atoms with Crippen molar-refractivity contribution in [1.29, 1.82) is 0 Å². The zero-order valence-electron chi connectivity index (χ0n) is 13.7. The van der Waals surface area contributed by atoms with Crippen LogP contribution in [0.15, 0.2) is 48.7 Å². The van der Waals surface area contributed by atoms with Gasteiger partial charge in [-0.25, -0.2) is 9.78 Å². The van der Waals surface area contributed by atoms with Gasteiger partial charge in [-0.05, 0) is 51.1 Å². The van der Waals surface area contributed by atoms with E-state index in [9.17, 15) is 9.59 Å². The highest BCUT2D eigenvalue weighted by Gasteiger charge is 2.20. The number of carbonyl (C=O) groups excluding carboxylic acids is 2. The van der Waals surface area contributed by atoms with Gasteiger partial charge in [-0.3, -0.25) is 9.69 Å². The summed E-state index contributed by atoms with van der Waals surface area (Å²) in [6, 6.07) is 11.8. The van der Waals surface area contributed by atoms with Gasteiger partial charge in [0.25, 0.3) is 5.91 Å². The molecular formula is C18H20N2O3. The zero-order chi connectivity index (χ0) is 17.0. The maximum absolute atomic E-state index is 12.5. The van der Waals surface area contributed by atoms with Crippen LogP contribution in [0.3, 0.4) is 0 Å². The number of hydrogen-bond donors (Lipinski definition) is 0. The number of hydrogen-bond acceptors (Lipinski definition) is 4. The van der Waals surface area contributed by atoms with Crippen molar-refractivity contribution >= 4 is 17.7 Å². The number of carbonyl (C=O) groups is 2. The fourth-order valence-corrected chi connectivity index (χ4v) is 1.97. The molecule has 1 heterocycles. The van der Waals surface area contributed by atoms with E-state index in [1.165, 1.54) is 11.0 Å². The van der Waals surface area contributed by atoms with Gasteiger partial charge in [-0.2, -0.15) is 0 Å². The number of ether oxygens (including phenoxy) is 1. The number of amides is 1. The first-order chi connectivity index (χ1) is 10.8. The molecular weight excluding hydrogens is 292 g/mol. The highest BCUT2D eigenvalue weighted by atomic mass is 16.6. The molecule has 0 fully saturated rings. The van der Waals surface area contributed by atoms with Gasteiger partial charge in [0.15, 0.2) is 0 Å². The maximum Gasteiger partial charge on any atom is 0.338 e. The van der Waals surface area contributed by atoms with E-state index in [2.05, 4.69) is 4.98 Å². The standard InChI is InChI=1S/C18H20N2O3/c1-18(2,3)23-17(22)14-9-7-8-13(12-14)16(21)20(4)15-10-5-6-11-19-15/h5-12H,1-4H3. The second-order valence-electron chi connectivity index (χ2n) is 6.13. The molecule has 5 heteroatoms. The third kappa shape index (κ3) is 4.39. The molecule has 120 valence electrons. The number of anilines is 1. The average Bonchev–Trinajstić information content (AvgIpc) is 2.53. The van der Waals surface area contributed by atoms with Crippen LogP contribution in [0.5, 0.6) is 0 Å². The van der Waals surface area contributed by atoms with Crippen molar-refractivity contribution in [2.24, 2.45) is 0 Å². The largest absolute Gasteiger partial charge is 0.456 e. The molecule has 0 bridgehead atoms. The van der Waals surface area contributed by atoms with Crippen LogP contribution in [-0.2, 0) is 4.74 Å². The van der Waals surface area contributed by atoms with Crippen LogP contribution in [0, 0.1) is 0 Å². The van der Waals surface area contributed by atoms with Gasteiger partial charge < -0.3 is 4.74 Å². The van der Waals surface area contributed by atoms with Crippen LogP contribution in [-0.4, -0.2) is 29.5 Å². The molecule has 0 saturated heterocycles. The van der Waals surface area contributed by atoms with Crippen LogP contribution in [0.2, 0.25) is 0 Å². The van der Waals surface area contributed by atoms with Crippen molar-refractivity contribution in [3.05, 3.63) is 59.8 Å². The normalized spacial score (nSPS) is 11.0. The van der Waals surface area contributed by atoms with Gasteiger partial charge in [0, 0.05) is 18.8 Å². The highest BCUT2D eigenvalue weighted by Crippen LogP contribution is 2.16. The summed E-state index contributed by atoms with van der Waals surface area (Å²) in [5, 5.41) is 0. The van der Waals surface area contributed by atoms with Gasteiger partial charge in [0.05, 0.1) is 5.56 Å². The summed E-state index contributed by atoms with van der Waals surface area (Å²) in [6.07, 6.45) is 1.62. The predicted molar refractivity (Wildman–Crippen MR) is 88.6 cm³/mol. The monoisotopic (exact) mass is 312 g/mol. The van der Waals surface area contributed by atoms with E-state index in [0.717, 1.165) is 0 Å². The van der Waals surface area contributed by atoms with Crippen LogP contribution in [0.4, 0.5) is 5.82 Å². The third-order valence-electron chi connectivity index (χ3n) is 3.04. The molecule has 0 saturated carbocycles. The Morgan fingerprint density at radius 2 is 1.74 bits per heavy atom. The van der Waals surface area contributed by atoms with Gasteiger partial charge in [-0.15, -0.1) is 0 Å². The first-order valence-electron chi connectivity index (χ1n) is 7.30. The van der Waals surface area contributed by atoms with Gasteiger partial charge in [-0.1, -0.05) is 12.1 Å². The maximum atomic E-state index is 12.5. The second kappa shape index (κ2) is 6.60. The molecule has 0 unspecified atom stereocenters. The van der Waals surface area contributed by atoms with Crippen molar-refractivity contribution in [2.75, 3.05) is 11.9 Å². The minimum absolute atomic E-state index is 0.242. The topological polar surface area (TPSA) is 59.5 Å². The minimum atomic E-state index is -0.582. The molecule has 5 nitrogen and oxygen atoms in total. The van der Waals surface area contributed by atoms with E-state index in [1.807, 2.05) is 6.07 Å². The van der Waals surface area contributed by atoms with Crippen LogP contribution in [0.25, 0.3) is 0 Å². The van der Waals surface area contributed by atoms with E-state index >= 15 is 0 Å². The molecule has 1 amide bonds. The van der Waals surface area contributed by atoms with E-state index < -0.39 is 11.6 Å². The van der Waals surface area contributed by atoms with Crippen molar-refractivity contribution in [3.63, 3.8) is 0 Å². The van der Waals surface area contributed by atoms with Gasteiger partial charge in [0.2, 0.25) is 0 Å². The lowest BCUT2D eigenvalue weighted by Crippen LogP contribution is -2.27. The molecule has 1 aromatic heterocycles. The zero-order valence-corrected chi connectivity index (χ0v) is 13.7. The Labute approximate surface area is 135 Å². The number of nitrogens with zero attached hydrogens (tertiary/aromatic N) is 2. The smallest absolute Gasteiger partial charge is 0.338 e. The molecule has 0 aliphatic carbocycles. The third-order valence-corrected chi connectivity index (χ3v) is 3.04. The summed E-state index contributed by atoms with van der Waals surface area (Å²) in [7, 11) is 1.64. The summed E-state index contributed by atoms with van der Waals surface area (Å²) in [5.74, 6) is -0.151. The number of pyridine rings is 1. The summed E-state index contributed by atoms with van der Waals surface area (Å²) >= 11 is 0. The molecule has 0 radical (unpaired) electrons. The lowest BCUT2D eigenvalue weighted by Gasteiger charge is -2.20. The van der Waals surface area contributed by atoms with Crippen molar-refractivity contribution in [2.45, 2.75) is 26.4 Å². The molecule has 0 N–H and O–H groups in total. The van der Waals surface area contributed by atoms with Crippen LogP contribution in [0.1, 0.15) is 41.5 Å². The Bertz CT molecular complexity index is 706. The Morgan fingerprint density at radius 3 is 2.35 bits per heavy atom. The first kappa shape index (κ1) is 16.7. The van der Waals surface area contributed by atoms with E-state index in [1.54, 1.807) is 64.3 Å². The molecule has 23 heavy (non-hydrogen) atoms. The average molecular weight is 312 g/mol. The Hall–Kier alpha value is -2.69. The van der Waals surface area contributed by atoms with Crippen molar-refractivity contribution < 1.29 is 14.3 Å². The van der Waals surface area contributed by atoms with Crippen molar-refractivity contribution in [1.82, 2.24) is 4.98 Å². The molecule has 0 spiro atoms. The van der Waals surface area contributed by atoms with Crippen molar-refractivity contribution in [3.8, 4) is 0 Å². The number of benzene rings is 1. The predicted octanol–water partition coefficient (Wildman–Crippen LogP) is 3.31. The number of rotatable bonds is 3.